The Balaban J connectivity index is 0.000000131. The van der Waals surface area contributed by atoms with Crippen molar-refractivity contribution in [1.29, 1.82) is 0 Å². The van der Waals surface area contributed by atoms with Crippen LogP contribution in [0.3, 0.4) is 0 Å². The van der Waals surface area contributed by atoms with E-state index in [9.17, 15) is 0 Å². The van der Waals surface area contributed by atoms with Gasteiger partial charge in [-0.05, 0) is 238 Å². The molecular formula is C123H125N19S5. The smallest absolute Gasteiger partial charge is 0.187 e. The number of aromatic nitrogens is 9. The summed E-state index contributed by atoms with van der Waals surface area (Å²) in [6.45, 7) is 13.5. The Bertz CT molecular complexity index is 6680. The molecule has 0 unspecified atom stereocenters. The molecule has 0 aliphatic carbocycles. The fourth-order valence-corrected chi connectivity index (χ4v) is 19.8. The van der Waals surface area contributed by atoms with Crippen LogP contribution in [-0.2, 0) is 64.7 Å². The molecule has 0 amide bonds. The van der Waals surface area contributed by atoms with E-state index in [-0.39, 0.29) is 0 Å². The van der Waals surface area contributed by atoms with Crippen LogP contribution < -0.4 is 26.6 Å². The zero-order valence-electron chi connectivity index (χ0n) is 83.8. The van der Waals surface area contributed by atoms with Gasteiger partial charge in [-0.3, -0.25) is 24.8 Å². The van der Waals surface area contributed by atoms with Crippen LogP contribution >= 0.6 is 56.7 Å². The third kappa shape index (κ3) is 35.4. The molecule has 20 aromatic rings. The first-order valence-corrected chi connectivity index (χ1v) is 54.2. The largest absolute Gasteiger partial charge is 0.332 e. The highest BCUT2D eigenvalue weighted by molar-refractivity contribution is 7.15. The average molecular weight is 2030 g/mol. The summed E-state index contributed by atoms with van der Waals surface area (Å²) < 4.78 is 0. The zero-order valence-corrected chi connectivity index (χ0v) is 87.9. The van der Waals surface area contributed by atoms with Gasteiger partial charge in [0, 0.05) is 186 Å². The maximum Gasteiger partial charge on any atom is 0.187 e. The third-order valence-electron chi connectivity index (χ3n) is 24.5. The van der Waals surface area contributed by atoms with Crippen molar-refractivity contribution >= 4 is 111 Å². The van der Waals surface area contributed by atoms with E-state index in [4.69, 9.17) is 4.98 Å². The van der Waals surface area contributed by atoms with E-state index in [2.05, 4.69) is 433 Å². The molecule has 0 spiro atoms. The fourth-order valence-electron chi connectivity index (χ4n) is 16.1. The van der Waals surface area contributed by atoms with Crippen molar-refractivity contribution in [2.75, 3.05) is 101 Å². The Morgan fingerprint density at radius 3 is 0.789 bits per heavy atom. The van der Waals surface area contributed by atoms with Gasteiger partial charge in [-0.2, -0.15) is 0 Å². The Kier molecular flexibility index (Phi) is 40.7. The molecule has 9 aromatic heterocycles. The van der Waals surface area contributed by atoms with E-state index in [1.54, 1.807) is 87.7 Å². The lowest BCUT2D eigenvalue weighted by atomic mass is 10.1. The van der Waals surface area contributed by atoms with Gasteiger partial charge >= 0.3 is 0 Å². The van der Waals surface area contributed by atoms with Gasteiger partial charge in [0.25, 0.3) is 0 Å². The summed E-state index contributed by atoms with van der Waals surface area (Å²) in [7, 11) is 8.72. The molecule has 0 atom stereocenters. The molecule has 11 aromatic carbocycles. The highest BCUT2D eigenvalue weighted by Crippen LogP contribution is 2.34. The monoisotopic (exact) mass is 2030 g/mol. The Hall–Kier alpha value is -15.0. The normalized spacial score (nSPS) is 11.0. The number of pyridine rings is 4. The zero-order chi connectivity index (χ0) is 101. The van der Waals surface area contributed by atoms with Crippen molar-refractivity contribution in [1.82, 2.24) is 69.4 Å². The second-order valence-corrected chi connectivity index (χ2v) is 40.2. The van der Waals surface area contributed by atoms with Gasteiger partial charge in [-0.25, -0.2) is 24.9 Å². The second kappa shape index (κ2) is 57.0. The standard InChI is InChI=1S/2C25H26N4S.C25H25N3S.2C24H24N4S/c1-29(16-13-20-6-3-2-4-7-20)17-14-21-9-11-23(12-10-21)27-25-28-24(19-30-25)22-8-5-15-26-18-22;1-2-29(18-21-7-4-3-5-8-21)16-14-20-10-12-23(13-11-20)27-25-28-24(19-30-25)22-9-6-15-26-17-22;1-28(18-21-8-4-2-5-9-21)17-16-20-12-14-23(15-13-20)26-25-27-24(19-29-25)22-10-6-3-7-11-22;1-28(17-20-7-3-2-4-8-20)16-14-19-10-12-21(13-11-19)26-24-27-23(18-29-24)22-9-5-6-15-25-22;1-28(17-20-5-3-2-4-6-20)16-13-19-7-9-22(10-8-19)26-24-27-23(18-29-24)21-11-14-25-15-12-21/h2-12,15,18-19H,13-14,16-17H2,1H3,(H,27,28);3-13,15,17,19H,2,14,16,18H2,1H3,(H,27,28);2-15,19H,16-18H2,1H3,(H,26,27);2-13,15,18H,14,16-17H2,1H3,(H,26,27);2-12,14-15,18H,13,16-17H2,1H3,(H,26,27). The van der Waals surface area contributed by atoms with Crippen LogP contribution in [0.25, 0.3) is 56.4 Å². The molecule has 9 heterocycles. The number of likely N-dealkylation sites (N-methyl/N-ethyl adjacent to an activating group) is 5. The highest BCUT2D eigenvalue weighted by atomic mass is 32.1. The molecule has 0 saturated carbocycles. The Morgan fingerprint density at radius 1 is 0.211 bits per heavy atom. The van der Waals surface area contributed by atoms with E-state index in [0.29, 0.717) is 0 Å². The van der Waals surface area contributed by atoms with Crippen LogP contribution in [0.4, 0.5) is 54.1 Å². The highest BCUT2D eigenvalue weighted by Gasteiger charge is 2.16. The number of benzene rings is 11. The van der Waals surface area contributed by atoms with E-state index >= 15 is 0 Å². The summed E-state index contributed by atoms with van der Waals surface area (Å²) in [5.74, 6) is 0. The van der Waals surface area contributed by atoms with Crippen LogP contribution in [0.5, 0.6) is 0 Å². The minimum atomic E-state index is 0.876. The lowest BCUT2D eigenvalue weighted by Gasteiger charge is -2.20. The SMILES string of the molecule is CCN(CCc1ccc(Nc2nc(-c3cccnc3)cs2)cc1)Cc1ccccc1.CN(CCc1ccc(Nc2nc(-c3ccccc3)cs2)cc1)Cc1ccccc1.CN(CCc1ccc(Nc2nc(-c3ccccn3)cs2)cc1)Cc1ccccc1.CN(CCc1ccc(Nc2nc(-c3ccncc3)cs2)cc1)Cc1ccccc1.CN(CCc1ccccc1)CCc1ccc(Nc2nc(-c3cccnc3)cs2)cc1. The molecule has 24 heteroatoms. The van der Waals surface area contributed by atoms with Gasteiger partial charge in [0.1, 0.15) is 5.69 Å². The predicted octanol–water partition coefficient (Wildman–Crippen LogP) is 29.2. The van der Waals surface area contributed by atoms with Crippen molar-refractivity contribution in [3.05, 3.63) is 484 Å². The topological polar surface area (TPSA) is 192 Å². The van der Waals surface area contributed by atoms with Crippen molar-refractivity contribution in [3.63, 3.8) is 0 Å². The maximum absolute atomic E-state index is 4.70. The van der Waals surface area contributed by atoms with E-state index in [1.807, 2.05) is 90.6 Å². The molecule has 0 fully saturated rings. The van der Waals surface area contributed by atoms with Crippen LogP contribution in [0.2, 0.25) is 0 Å². The molecule has 0 saturated heterocycles. The second-order valence-electron chi connectivity index (χ2n) is 35.9. The Labute approximate surface area is 885 Å². The first kappa shape index (κ1) is 105. The van der Waals surface area contributed by atoms with Gasteiger partial charge in [-0.1, -0.05) is 256 Å². The number of rotatable bonds is 42. The molecule has 20 rings (SSSR count). The number of hydrogen-bond donors (Lipinski definition) is 5. The van der Waals surface area contributed by atoms with Crippen molar-refractivity contribution in [3.8, 4) is 56.4 Å². The first-order chi connectivity index (χ1) is 72.3. The minimum Gasteiger partial charge on any atom is -0.332 e. The molecule has 147 heavy (non-hydrogen) atoms. The van der Waals surface area contributed by atoms with Crippen LogP contribution in [-0.4, -0.2) is 143 Å². The van der Waals surface area contributed by atoms with Gasteiger partial charge in [0.15, 0.2) is 25.7 Å². The molecule has 0 bridgehead atoms. The molecule has 0 aliphatic rings. The van der Waals surface area contributed by atoms with Crippen molar-refractivity contribution in [2.45, 2.75) is 71.6 Å². The number of thiazole rings is 5. The summed E-state index contributed by atoms with van der Waals surface area (Å²) >= 11 is 8.04. The van der Waals surface area contributed by atoms with Crippen LogP contribution in [0, 0.1) is 0 Å². The molecule has 19 nitrogen and oxygen atoms in total. The number of anilines is 10. The van der Waals surface area contributed by atoms with E-state index in [1.165, 1.54) is 55.6 Å². The summed E-state index contributed by atoms with van der Waals surface area (Å²) in [6.07, 6.45) is 18.9. The maximum atomic E-state index is 4.70. The molecule has 0 aliphatic heterocycles. The van der Waals surface area contributed by atoms with E-state index in [0.717, 1.165) is 221 Å². The number of nitrogens with one attached hydrogen (secondary N) is 5. The van der Waals surface area contributed by atoms with Gasteiger partial charge in [0.2, 0.25) is 0 Å². The lowest BCUT2D eigenvalue weighted by Crippen LogP contribution is -2.25. The summed E-state index contributed by atoms with van der Waals surface area (Å²) in [5.41, 5.74) is 28.8. The fraction of sp³-hybridized carbons (Fsp3) is 0.179. The number of nitrogens with zero attached hydrogens (tertiary/aromatic N) is 14. The quantitative estimate of drug-likeness (QED) is 0.0242. The van der Waals surface area contributed by atoms with E-state index < -0.39 is 0 Å². The van der Waals surface area contributed by atoms with Crippen LogP contribution in [0.15, 0.2) is 428 Å². The third-order valence-corrected chi connectivity index (χ3v) is 28.3. The van der Waals surface area contributed by atoms with Gasteiger partial charge < -0.3 is 46.2 Å². The average Bonchev–Trinajstić information content (AvgIpc) is 1.74. The molecule has 0 radical (unpaired) electrons. The van der Waals surface area contributed by atoms with Crippen molar-refractivity contribution < 1.29 is 0 Å². The Morgan fingerprint density at radius 2 is 0.476 bits per heavy atom. The predicted molar refractivity (Wildman–Crippen MR) is 619 cm³/mol. The lowest BCUT2D eigenvalue weighted by molar-refractivity contribution is 0.283. The molecule has 5 N–H and O–H groups in total. The molecular weight excluding hydrogens is 1900 g/mol. The minimum absolute atomic E-state index is 0.876. The van der Waals surface area contributed by atoms with Gasteiger partial charge in [-0.15, -0.1) is 56.7 Å². The van der Waals surface area contributed by atoms with Crippen molar-refractivity contribution in [2.24, 2.45) is 0 Å². The first-order valence-electron chi connectivity index (χ1n) is 49.8. The summed E-state index contributed by atoms with van der Waals surface area (Å²) in [4.78, 5) is 52.0. The molecule has 742 valence electrons. The number of hydrogen-bond acceptors (Lipinski definition) is 24. The summed E-state index contributed by atoms with van der Waals surface area (Å²) in [6, 6.07) is 124. The van der Waals surface area contributed by atoms with Gasteiger partial charge in [0.05, 0.1) is 28.5 Å². The summed E-state index contributed by atoms with van der Waals surface area (Å²) in [5, 5.41) is 31.8. The van der Waals surface area contributed by atoms with Crippen LogP contribution in [0.1, 0.15) is 62.6 Å².